The maximum atomic E-state index is 11.5. The van der Waals surface area contributed by atoms with Gasteiger partial charge < -0.3 is 15.4 Å². The van der Waals surface area contributed by atoms with Crippen LogP contribution >= 0.6 is 0 Å². The molecule has 1 aromatic rings. The summed E-state index contributed by atoms with van der Waals surface area (Å²) >= 11 is 0. The number of benzene rings is 1. The summed E-state index contributed by atoms with van der Waals surface area (Å²) in [5.74, 6) is -0.0743. The number of ether oxygens (including phenoxy) is 1. The number of anilines is 1. The van der Waals surface area contributed by atoms with E-state index in [-0.39, 0.29) is 5.91 Å². The second kappa shape index (κ2) is 6.03. The molecule has 1 amide bonds. The number of hydrogen-bond acceptors (Lipinski definition) is 3. The summed E-state index contributed by atoms with van der Waals surface area (Å²) in [6, 6.07) is 7.30. The number of carbonyl (C=O) groups is 1. The van der Waals surface area contributed by atoms with Gasteiger partial charge in [0.05, 0.1) is 6.61 Å². The Morgan fingerprint density at radius 2 is 2.00 bits per heavy atom. The number of carbonyl (C=O) groups excluding carboxylic acids is 1. The van der Waals surface area contributed by atoms with Gasteiger partial charge in [-0.25, -0.2) is 0 Å². The average Bonchev–Trinajstić information content (AvgIpc) is 2.29. The van der Waals surface area contributed by atoms with Crippen LogP contribution in [0.3, 0.4) is 0 Å². The van der Waals surface area contributed by atoms with E-state index in [4.69, 9.17) is 4.74 Å². The summed E-state index contributed by atoms with van der Waals surface area (Å²) in [5.41, 5.74) is 1.65. The largest absolute Gasteiger partial charge is 0.388 e. The molecule has 2 N–H and O–H groups in total. The summed E-state index contributed by atoms with van der Waals surface area (Å²) in [4.78, 5) is 11.5. The van der Waals surface area contributed by atoms with Crippen molar-refractivity contribution in [2.75, 3.05) is 32.6 Å². The molecule has 0 aliphatic carbocycles. The van der Waals surface area contributed by atoms with Gasteiger partial charge in [0.2, 0.25) is 0 Å². The third-order valence-corrected chi connectivity index (χ3v) is 2.03. The predicted molar refractivity (Wildman–Crippen MR) is 60.2 cm³/mol. The molecule has 4 nitrogen and oxygen atoms in total. The Labute approximate surface area is 89.6 Å². The number of nitrogens with one attached hydrogen (secondary N) is 2. The van der Waals surface area contributed by atoms with E-state index < -0.39 is 0 Å². The first-order valence-corrected chi connectivity index (χ1v) is 4.83. The maximum absolute atomic E-state index is 11.5. The van der Waals surface area contributed by atoms with Gasteiger partial charge >= 0.3 is 0 Å². The number of methoxy groups -OCH3 is 1. The normalized spacial score (nSPS) is 9.73. The lowest BCUT2D eigenvalue weighted by atomic mass is 10.2. The Hall–Kier alpha value is -1.55. The van der Waals surface area contributed by atoms with Gasteiger partial charge in [-0.05, 0) is 24.3 Å². The smallest absolute Gasteiger partial charge is 0.251 e. The van der Waals surface area contributed by atoms with Crippen molar-refractivity contribution in [1.29, 1.82) is 0 Å². The topological polar surface area (TPSA) is 50.4 Å². The van der Waals surface area contributed by atoms with Crippen LogP contribution in [-0.4, -0.2) is 33.2 Å². The summed E-state index contributed by atoms with van der Waals surface area (Å²) in [6.07, 6.45) is 0. The number of hydrogen-bond donors (Lipinski definition) is 2. The monoisotopic (exact) mass is 208 g/mol. The highest BCUT2D eigenvalue weighted by atomic mass is 16.5. The molecular weight excluding hydrogens is 192 g/mol. The van der Waals surface area contributed by atoms with Gasteiger partial charge in [0, 0.05) is 32.0 Å². The van der Waals surface area contributed by atoms with E-state index in [1.807, 2.05) is 19.2 Å². The molecule has 0 saturated heterocycles. The molecule has 0 aromatic heterocycles. The Morgan fingerprint density at radius 3 is 2.53 bits per heavy atom. The quantitative estimate of drug-likeness (QED) is 0.712. The van der Waals surface area contributed by atoms with Crippen LogP contribution in [0.15, 0.2) is 24.3 Å². The van der Waals surface area contributed by atoms with Crippen molar-refractivity contribution >= 4 is 11.6 Å². The summed E-state index contributed by atoms with van der Waals surface area (Å²) in [6.45, 7) is 1.06. The van der Waals surface area contributed by atoms with Gasteiger partial charge in [0.25, 0.3) is 5.91 Å². The standard InChI is InChI=1S/C11H16N2O2/c1-12-10-5-3-9(4-6-10)11(14)13-7-8-15-2/h3-6,12H,7-8H2,1-2H3,(H,13,14). The van der Waals surface area contributed by atoms with E-state index in [1.54, 1.807) is 19.2 Å². The lowest BCUT2D eigenvalue weighted by Gasteiger charge is -2.05. The Balaban J connectivity index is 2.50. The fourth-order valence-electron chi connectivity index (χ4n) is 1.16. The van der Waals surface area contributed by atoms with Crippen molar-refractivity contribution in [2.45, 2.75) is 0 Å². The van der Waals surface area contributed by atoms with E-state index >= 15 is 0 Å². The third kappa shape index (κ3) is 3.59. The van der Waals surface area contributed by atoms with Gasteiger partial charge in [-0.3, -0.25) is 4.79 Å². The zero-order valence-corrected chi connectivity index (χ0v) is 9.04. The van der Waals surface area contributed by atoms with Crippen molar-refractivity contribution in [3.05, 3.63) is 29.8 Å². The van der Waals surface area contributed by atoms with Crippen LogP contribution in [0.1, 0.15) is 10.4 Å². The SMILES string of the molecule is CNc1ccc(C(=O)NCCOC)cc1. The molecule has 0 aliphatic rings. The second-order valence-corrected chi connectivity index (χ2v) is 3.08. The Kier molecular flexibility index (Phi) is 4.63. The minimum atomic E-state index is -0.0743. The molecular formula is C11H16N2O2. The molecule has 0 radical (unpaired) electrons. The molecule has 82 valence electrons. The van der Waals surface area contributed by atoms with Crippen LogP contribution in [0.25, 0.3) is 0 Å². The van der Waals surface area contributed by atoms with Crippen molar-refractivity contribution in [3.63, 3.8) is 0 Å². The zero-order chi connectivity index (χ0) is 11.1. The van der Waals surface area contributed by atoms with Crippen LogP contribution in [0.4, 0.5) is 5.69 Å². The van der Waals surface area contributed by atoms with Crippen molar-refractivity contribution < 1.29 is 9.53 Å². The first kappa shape index (κ1) is 11.5. The third-order valence-electron chi connectivity index (χ3n) is 2.03. The highest BCUT2D eigenvalue weighted by Crippen LogP contribution is 2.07. The maximum Gasteiger partial charge on any atom is 0.251 e. The summed E-state index contributed by atoms with van der Waals surface area (Å²) in [7, 11) is 3.45. The van der Waals surface area contributed by atoms with E-state index in [0.717, 1.165) is 5.69 Å². The average molecular weight is 208 g/mol. The Morgan fingerprint density at radius 1 is 1.33 bits per heavy atom. The summed E-state index contributed by atoms with van der Waals surface area (Å²) in [5, 5.41) is 5.75. The second-order valence-electron chi connectivity index (χ2n) is 3.08. The number of amides is 1. The fraction of sp³-hybridized carbons (Fsp3) is 0.364. The van der Waals surface area contributed by atoms with E-state index in [2.05, 4.69) is 10.6 Å². The van der Waals surface area contributed by atoms with E-state index in [1.165, 1.54) is 0 Å². The van der Waals surface area contributed by atoms with Gasteiger partial charge in [-0.15, -0.1) is 0 Å². The molecule has 0 aliphatic heterocycles. The molecule has 15 heavy (non-hydrogen) atoms. The molecule has 1 rings (SSSR count). The van der Waals surface area contributed by atoms with Crippen LogP contribution < -0.4 is 10.6 Å². The molecule has 0 spiro atoms. The highest BCUT2D eigenvalue weighted by Gasteiger charge is 2.03. The zero-order valence-electron chi connectivity index (χ0n) is 9.04. The Bertz CT molecular complexity index is 309. The molecule has 0 unspecified atom stereocenters. The van der Waals surface area contributed by atoms with E-state index in [9.17, 15) is 4.79 Å². The predicted octanol–water partition coefficient (Wildman–Crippen LogP) is 1.10. The lowest BCUT2D eigenvalue weighted by molar-refractivity contribution is 0.0937. The van der Waals surface area contributed by atoms with Crippen LogP contribution in [0, 0.1) is 0 Å². The van der Waals surface area contributed by atoms with Crippen molar-refractivity contribution in [3.8, 4) is 0 Å². The number of rotatable bonds is 5. The molecule has 4 heteroatoms. The molecule has 0 heterocycles. The molecule has 0 atom stereocenters. The van der Waals surface area contributed by atoms with Crippen molar-refractivity contribution in [1.82, 2.24) is 5.32 Å². The minimum Gasteiger partial charge on any atom is -0.388 e. The van der Waals surface area contributed by atoms with Gasteiger partial charge in [-0.2, -0.15) is 0 Å². The lowest BCUT2D eigenvalue weighted by Crippen LogP contribution is -2.26. The van der Waals surface area contributed by atoms with Gasteiger partial charge in [0.15, 0.2) is 0 Å². The van der Waals surface area contributed by atoms with Crippen molar-refractivity contribution in [2.24, 2.45) is 0 Å². The molecule has 0 fully saturated rings. The summed E-state index contributed by atoms with van der Waals surface area (Å²) < 4.78 is 4.84. The minimum absolute atomic E-state index is 0.0743. The molecule has 1 aromatic carbocycles. The fourth-order valence-corrected chi connectivity index (χ4v) is 1.16. The van der Waals surface area contributed by atoms with E-state index in [0.29, 0.717) is 18.7 Å². The molecule has 0 saturated carbocycles. The van der Waals surface area contributed by atoms with Gasteiger partial charge in [-0.1, -0.05) is 0 Å². The first-order valence-electron chi connectivity index (χ1n) is 4.83. The van der Waals surface area contributed by atoms with Crippen LogP contribution in [-0.2, 0) is 4.74 Å². The van der Waals surface area contributed by atoms with Crippen LogP contribution in [0.5, 0.6) is 0 Å². The first-order chi connectivity index (χ1) is 7.27. The van der Waals surface area contributed by atoms with Crippen LogP contribution in [0.2, 0.25) is 0 Å². The van der Waals surface area contributed by atoms with Gasteiger partial charge in [0.1, 0.15) is 0 Å². The molecule has 0 bridgehead atoms. The highest BCUT2D eigenvalue weighted by molar-refractivity contribution is 5.94.